The summed E-state index contributed by atoms with van der Waals surface area (Å²) in [5, 5.41) is 3.32. The number of pyridine rings is 1. The predicted octanol–water partition coefficient (Wildman–Crippen LogP) is 3.14. The molecule has 2 aromatic heterocycles. The molecule has 0 fully saturated rings. The molecule has 0 aliphatic rings. The van der Waals surface area contributed by atoms with E-state index in [1.54, 1.807) is 17.5 Å². The third kappa shape index (κ3) is 3.82. The molecule has 0 saturated carbocycles. The minimum Gasteiger partial charge on any atom is -0.486 e. The second-order valence-corrected chi connectivity index (χ2v) is 5.33. The zero-order valence-electron chi connectivity index (χ0n) is 10.8. The van der Waals surface area contributed by atoms with Gasteiger partial charge in [-0.2, -0.15) is 0 Å². The highest BCUT2D eigenvalue weighted by Crippen LogP contribution is 2.19. The van der Waals surface area contributed by atoms with Gasteiger partial charge in [0.2, 0.25) is 0 Å². The Morgan fingerprint density at radius 2 is 2.06 bits per heavy atom. The fourth-order valence-corrected chi connectivity index (χ4v) is 2.44. The smallest absolute Gasteiger partial charge is 0.138 e. The molecule has 0 spiro atoms. The van der Waals surface area contributed by atoms with E-state index in [2.05, 4.69) is 29.4 Å². The molecular weight excluding hydrogens is 244 g/mol. The Labute approximate surface area is 112 Å². The molecule has 0 aliphatic heterocycles. The molecule has 2 rings (SSSR count). The van der Waals surface area contributed by atoms with E-state index in [-0.39, 0.29) is 0 Å². The van der Waals surface area contributed by atoms with E-state index >= 15 is 0 Å². The van der Waals surface area contributed by atoms with Gasteiger partial charge in [-0.15, -0.1) is 11.3 Å². The van der Waals surface area contributed by atoms with Gasteiger partial charge in [0.05, 0.1) is 6.20 Å². The van der Waals surface area contributed by atoms with E-state index in [0.29, 0.717) is 6.61 Å². The lowest BCUT2D eigenvalue weighted by Gasteiger charge is -2.03. The number of aryl methyl sites for hydroxylation is 1. The van der Waals surface area contributed by atoms with E-state index < -0.39 is 0 Å². The van der Waals surface area contributed by atoms with Crippen molar-refractivity contribution in [3.8, 4) is 5.75 Å². The third-order valence-electron chi connectivity index (χ3n) is 2.53. The van der Waals surface area contributed by atoms with Gasteiger partial charge in [-0.05, 0) is 37.7 Å². The van der Waals surface area contributed by atoms with Crippen LogP contribution in [0.25, 0.3) is 0 Å². The first-order valence-electron chi connectivity index (χ1n) is 6.11. The molecule has 0 radical (unpaired) electrons. The van der Waals surface area contributed by atoms with Crippen LogP contribution in [0.5, 0.6) is 5.75 Å². The molecule has 0 saturated heterocycles. The summed E-state index contributed by atoms with van der Waals surface area (Å²) >= 11 is 1.79. The molecule has 3 nitrogen and oxygen atoms in total. The topological polar surface area (TPSA) is 34.1 Å². The Hall–Kier alpha value is -1.39. The van der Waals surface area contributed by atoms with Crippen molar-refractivity contribution < 1.29 is 4.74 Å². The van der Waals surface area contributed by atoms with Crippen molar-refractivity contribution in [2.45, 2.75) is 27.0 Å². The lowest BCUT2D eigenvalue weighted by atomic mass is 10.4. The Kier molecular flexibility index (Phi) is 4.73. The number of aromatic nitrogens is 1. The third-order valence-corrected chi connectivity index (χ3v) is 3.59. The molecule has 2 aromatic rings. The van der Waals surface area contributed by atoms with Crippen LogP contribution in [0.1, 0.15) is 22.4 Å². The fourth-order valence-electron chi connectivity index (χ4n) is 1.54. The number of thiophene rings is 1. The highest BCUT2D eigenvalue weighted by Gasteiger charge is 2.01. The van der Waals surface area contributed by atoms with Crippen LogP contribution in [0, 0.1) is 6.92 Å². The lowest BCUT2D eigenvalue weighted by Crippen LogP contribution is -2.10. The second kappa shape index (κ2) is 6.52. The van der Waals surface area contributed by atoms with Crippen molar-refractivity contribution in [1.29, 1.82) is 0 Å². The molecule has 0 aliphatic carbocycles. The molecule has 0 atom stereocenters. The number of nitrogens with one attached hydrogen (secondary N) is 1. The van der Waals surface area contributed by atoms with Gasteiger partial charge in [0.1, 0.15) is 12.4 Å². The maximum Gasteiger partial charge on any atom is 0.138 e. The summed E-state index contributed by atoms with van der Waals surface area (Å²) in [6, 6.07) is 8.19. The average Bonchev–Trinajstić information content (AvgIpc) is 2.84. The van der Waals surface area contributed by atoms with Gasteiger partial charge >= 0.3 is 0 Å². The van der Waals surface area contributed by atoms with Gasteiger partial charge in [0, 0.05) is 22.0 Å². The van der Waals surface area contributed by atoms with Gasteiger partial charge in [-0.25, -0.2) is 0 Å². The Morgan fingerprint density at radius 3 is 2.78 bits per heavy atom. The molecule has 18 heavy (non-hydrogen) atoms. The SMILES string of the molecule is CCNCc1ccc(COc2ccc(C)nc2)s1. The van der Waals surface area contributed by atoms with E-state index in [4.69, 9.17) is 4.74 Å². The van der Waals surface area contributed by atoms with Gasteiger partial charge in [0.15, 0.2) is 0 Å². The summed E-state index contributed by atoms with van der Waals surface area (Å²) in [5.41, 5.74) is 1.01. The van der Waals surface area contributed by atoms with Gasteiger partial charge in [-0.3, -0.25) is 4.98 Å². The zero-order chi connectivity index (χ0) is 12.8. The summed E-state index contributed by atoms with van der Waals surface area (Å²) in [6.07, 6.45) is 1.77. The number of hydrogen-bond acceptors (Lipinski definition) is 4. The maximum absolute atomic E-state index is 5.69. The zero-order valence-corrected chi connectivity index (χ0v) is 11.6. The van der Waals surface area contributed by atoms with E-state index in [9.17, 15) is 0 Å². The van der Waals surface area contributed by atoms with Crippen molar-refractivity contribution in [2.75, 3.05) is 6.54 Å². The molecule has 4 heteroatoms. The molecular formula is C14H18N2OS. The van der Waals surface area contributed by atoms with E-state index in [1.807, 2.05) is 19.1 Å². The monoisotopic (exact) mass is 262 g/mol. The minimum absolute atomic E-state index is 0.613. The molecule has 0 amide bonds. The molecule has 1 N–H and O–H groups in total. The highest BCUT2D eigenvalue weighted by atomic mass is 32.1. The summed E-state index contributed by atoms with van der Waals surface area (Å²) in [6.45, 7) is 6.63. The van der Waals surface area contributed by atoms with Gasteiger partial charge in [-0.1, -0.05) is 6.92 Å². The van der Waals surface area contributed by atoms with Crippen LogP contribution in [0.4, 0.5) is 0 Å². The first-order chi connectivity index (χ1) is 8.78. The molecule has 2 heterocycles. The quantitative estimate of drug-likeness (QED) is 0.868. The first-order valence-corrected chi connectivity index (χ1v) is 6.93. The minimum atomic E-state index is 0.613. The van der Waals surface area contributed by atoms with Crippen LogP contribution in [0.3, 0.4) is 0 Å². The summed E-state index contributed by atoms with van der Waals surface area (Å²) < 4.78 is 5.69. The highest BCUT2D eigenvalue weighted by molar-refractivity contribution is 7.11. The molecule has 0 unspecified atom stereocenters. The van der Waals surface area contributed by atoms with Crippen molar-refractivity contribution in [1.82, 2.24) is 10.3 Å². The Balaban J connectivity index is 1.86. The number of rotatable bonds is 6. The average molecular weight is 262 g/mol. The number of hydrogen-bond donors (Lipinski definition) is 1. The number of ether oxygens (including phenoxy) is 1. The van der Waals surface area contributed by atoms with Gasteiger partial charge < -0.3 is 10.1 Å². The fraction of sp³-hybridized carbons (Fsp3) is 0.357. The lowest BCUT2D eigenvalue weighted by molar-refractivity contribution is 0.308. The molecule has 0 bridgehead atoms. The molecule has 96 valence electrons. The van der Waals surface area contributed by atoms with Crippen LogP contribution in [-0.2, 0) is 13.2 Å². The normalized spacial score (nSPS) is 10.6. The van der Waals surface area contributed by atoms with Crippen LogP contribution < -0.4 is 10.1 Å². The number of nitrogens with zero attached hydrogens (tertiary/aromatic N) is 1. The Bertz CT molecular complexity index is 479. The summed E-state index contributed by atoms with van der Waals surface area (Å²) in [5.74, 6) is 0.822. The van der Waals surface area contributed by atoms with Crippen molar-refractivity contribution in [3.63, 3.8) is 0 Å². The van der Waals surface area contributed by atoms with Gasteiger partial charge in [0.25, 0.3) is 0 Å². The largest absolute Gasteiger partial charge is 0.486 e. The predicted molar refractivity (Wildman–Crippen MR) is 75.0 cm³/mol. The van der Waals surface area contributed by atoms with Crippen LogP contribution in [-0.4, -0.2) is 11.5 Å². The van der Waals surface area contributed by atoms with Crippen molar-refractivity contribution >= 4 is 11.3 Å². The van der Waals surface area contributed by atoms with E-state index in [1.165, 1.54) is 9.75 Å². The van der Waals surface area contributed by atoms with Crippen LogP contribution in [0.2, 0.25) is 0 Å². The van der Waals surface area contributed by atoms with Crippen LogP contribution in [0.15, 0.2) is 30.5 Å². The van der Waals surface area contributed by atoms with Crippen molar-refractivity contribution in [2.24, 2.45) is 0 Å². The maximum atomic E-state index is 5.69. The van der Waals surface area contributed by atoms with Crippen molar-refractivity contribution in [3.05, 3.63) is 45.9 Å². The van der Waals surface area contributed by atoms with Crippen LogP contribution >= 0.6 is 11.3 Å². The summed E-state index contributed by atoms with van der Waals surface area (Å²) in [4.78, 5) is 6.79. The van der Waals surface area contributed by atoms with E-state index in [0.717, 1.165) is 24.5 Å². The first kappa shape index (κ1) is 13.1. The molecule has 0 aromatic carbocycles. The Morgan fingerprint density at radius 1 is 1.22 bits per heavy atom. The summed E-state index contributed by atoms with van der Waals surface area (Å²) in [7, 11) is 0. The second-order valence-electron chi connectivity index (χ2n) is 4.07. The standard InChI is InChI=1S/C14H18N2OS/c1-3-15-9-13-6-7-14(18-13)10-17-12-5-4-11(2)16-8-12/h4-8,15H,3,9-10H2,1-2H3.